The Morgan fingerprint density at radius 2 is 1.81 bits per heavy atom. The number of nitrogens with zero attached hydrogens (tertiary/aromatic N) is 2. The van der Waals surface area contributed by atoms with Gasteiger partial charge < -0.3 is 29.0 Å². The lowest BCUT2D eigenvalue weighted by atomic mass is 10.1. The molecule has 1 N–H and O–H groups in total. The van der Waals surface area contributed by atoms with Crippen LogP contribution in [0.1, 0.15) is 25.2 Å². The van der Waals surface area contributed by atoms with Gasteiger partial charge in [0.15, 0.2) is 11.5 Å². The number of anilines is 1. The SMILES string of the molecule is CC(C)CN(CC(=O)N(Cc1ccc2c(c1)OCO2)Cc1ccco1)C(=O)Nc1ccc(F)cc1F. The Morgan fingerprint density at radius 1 is 1.00 bits per heavy atom. The van der Waals surface area contributed by atoms with Crippen LogP contribution in [0, 0.1) is 17.6 Å². The highest BCUT2D eigenvalue weighted by Crippen LogP contribution is 2.33. The highest BCUT2D eigenvalue weighted by molar-refractivity contribution is 5.92. The third-order valence-corrected chi connectivity index (χ3v) is 5.46. The molecule has 36 heavy (non-hydrogen) atoms. The molecule has 2 heterocycles. The number of fused-ring (bicyclic) bond motifs is 1. The van der Waals surface area contributed by atoms with E-state index in [1.54, 1.807) is 29.2 Å². The number of benzene rings is 2. The minimum Gasteiger partial charge on any atom is -0.467 e. The van der Waals surface area contributed by atoms with Crippen LogP contribution in [0.25, 0.3) is 0 Å². The van der Waals surface area contributed by atoms with Crippen molar-refractivity contribution in [2.75, 3.05) is 25.2 Å². The summed E-state index contributed by atoms with van der Waals surface area (Å²) in [6, 6.07) is 11.1. The van der Waals surface area contributed by atoms with E-state index in [0.717, 1.165) is 17.7 Å². The van der Waals surface area contributed by atoms with E-state index in [9.17, 15) is 18.4 Å². The summed E-state index contributed by atoms with van der Waals surface area (Å²) in [6.07, 6.45) is 1.52. The van der Waals surface area contributed by atoms with E-state index in [1.165, 1.54) is 11.2 Å². The Bertz CT molecular complexity index is 1220. The zero-order valence-corrected chi connectivity index (χ0v) is 20.0. The number of rotatable bonds is 9. The highest BCUT2D eigenvalue weighted by atomic mass is 19.1. The second-order valence-corrected chi connectivity index (χ2v) is 8.85. The molecule has 0 unspecified atom stereocenters. The molecule has 0 saturated heterocycles. The summed E-state index contributed by atoms with van der Waals surface area (Å²) in [7, 11) is 0. The number of nitrogens with one attached hydrogen (secondary N) is 1. The monoisotopic (exact) mass is 499 g/mol. The van der Waals surface area contributed by atoms with Gasteiger partial charge in [0.2, 0.25) is 12.7 Å². The predicted octanol–water partition coefficient (Wildman–Crippen LogP) is 5.01. The van der Waals surface area contributed by atoms with Gasteiger partial charge in [-0.1, -0.05) is 19.9 Å². The van der Waals surface area contributed by atoms with Crippen molar-refractivity contribution in [3.63, 3.8) is 0 Å². The molecule has 0 radical (unpaired) electrons. The van der Waals surface area contributed by atoms with Crippen LogP contribution in [-0.2, 0) is 17.9 Å². The number of carbonyl (C=O) groups excluding carboxylic acids is 2. The Hall–Kier alpha value is -4.08. The lowest BCUT2D eigenvalue weighted by Gasteiger charge is -2.28. The molecule has 0 bridgehead atoms. The summed E-state index contributed by atoms with van der Waals surface area (Å²) in [5.74, 6) is -0.139. The third-order valence-electron chi connectivity index (χ3n) is 5.46. The first-order valence-electron chi connectivity index (χ1n) is 11.5. The second-order valence-electron chi connectivity index (χ2n) is 8.85. The zero-order chi connectivity index (χ0) is 25.7. The first kappa shape index (κ1) is 25.0. The molecule has 0 spiro atoms. The lowest BCUT2D eigenvalue weighted by molar-refractivity contribution is -0.133. The van der Waals surface area contributed by atoms with Crippen molar-refractivity contribution in [1.29, 1.82) is 0 Å². The molecular formula is C26H27F2N3O5. The number of carbonyl (C=O) groups is 2. The van der Waals surface area contributed by atoms with E-state index >= 15 is 0 Å². The Kier molecular flexibility index (Phi) is 7.72. The summed E-state index contributed by atoms with van der Waals surface area (Å²) in [6.45, 7) is 4.36. The molecule has 10 heteroatoms. The third kappa shape index (κ3) is 6.32. The first-order chi connectivity index (χ1) is 17.3. The molecule has 2 aromatic carbocycles. The van der Waals surface area contributed by atoms with Crippen molar-refractivity contribution in [3.8, 4) is 11.5 Å². The van der Waals surface area contributed by atoms with Gasteiger partial charge in [-0.05, 0) is 47.9 Å². The molecule has 190 valence electrons. The molecule has 0 aliphatic carbocycles. The molecule has 1 aliphatic rings. The van der Waals surface area contributed by atoms with E-state index in [-0.39, 0.29) is 50.5 Å². The van der Waals surface area contributed by atoms with Gasteiger partial charge in [-0.25, -0.2) is 13.6 Å². The molecule has 3 aromatic rings. The van der Waals surface area contributed by atoms with Gasteiger partial charge in [-0.3, -0.25) is 4.79 Å². The van der Waals surface area contributed by atoms with Gasteiger partial charge in [0.25, 0.3) is 0 Å². The molecule has 4 rings (SSSR count). The number of hydrogen-bond acceptors (Lipinski definition) is 5. The molecule has 0 atom stereocenters. The normalized spacial score (nSPS) is 12.0. The number of amides is 3. The van der Waals surface area contributed by atoms with Gasteiger partial charge in [-0.2, -0.15) is 0 Å². The fraction of sp³-hybridized carbons (Fsp3) is 0.308. The number of furan rings is 1. The van der Waals surface area contributed by atoms with Crippen LogP contribution >= 0.6 is 0 Å². The first-order valence-corrected chi connectivity index (χ1v) is 11.5. The Labute approximate surface area is 207 Å². The molecule has 1 aliphatic heterocycles. The Morgan fingerprint density at radius 3 is 2.53 bits per heavy atom. The average Bonchev–Trinajstić information content (AvgIpc) is 3.51. The summed E-state index contributed by atoms with van der Waals surface area (Å²) < 4.78 is 43.6. The van der Waals surface area contributed by atoms with Crippen molar-refractivity contribution < 1.29 is 32.3 Å². The fourth-order valence-electron chi connectivity index (χ4n) is 3.79. The van der Waals surface area contributed by atoms with Gasteiger partial charge in [0, 0.05) is 19.2 Å². The zero-order valence-electron chi connectivity index (χ0n) is 20.0. The van der Waals surface area contributed by atoms with Gasteiger partial charge in [0.05, 0.1) is 18.5 Å². The Balaban J connectivity index is 1.51. The molecule has 8 nitrogen and oxygen atoms in total. The van der Waals surface area contributed by atoms with Crippen LogP contribution in [0.2, 0.25) is 0 Å². The molecule has 0 fully saturated rings. The number of hydrogen-bond donors (Lipinski definition) is 1. The second kappa shape index (κ2) is 11.1. The lowest BCUT2D eigenvalue weighted by Crippen LogP contribution is -2.45. The molecule has 1 aromatic heterocycles. The van der Waals surface area contributed by atoms with Gasteiger partial charge >= 0.3 is 6.03 Å². The summed E-state index contributed by atoms with van der Waals surface area (Å²) >= 11 is 0. The maximum absolute atomic E-state index is 14.1. The number of halogens is 2. The maximum atomic E-state index is 14.1. The van der Waals surface area contributed by atoms with Crippen LogP contribution < -0.4 is 14.8 Å². The van der Waals surface area contributed by atoms with Crippen LogP contribution in [0.4, 0.5) is 19.3 Å². The largest absolute Gasteiger partial charge is 0.467 e. The topological polar surface area (TPSA) is 84.2 Å². The summed E-state index contributed by atoms with van der Waals surface area (Å²) in [4.78, 5) is 29.3. The van der Waals surface area contributed by atoms with E-state index in [1.807, 2.05) is 19.9 Å². The van der Waals surface area contributed by atoms with Crippen LogP contribution in [0.15, 0.2) is 59.2 Å². The fourth-order valence-corrected chi connectivity index (χ4v) is 3.79. The maximum Gasteiger partial charge on any atom is 0.322 e. The van der Waals surface area contributed by atoms with Gasteiger partial charge in [0.1, 0.15) is 23.9 Å². The van der Waals surface area contributed by atoms with Gasteiger partial charge in [-0.15, -0.1) is 0 Å². The van der Waals surface area contributed by atoms with E-state index in [2.05, 4.69) is 5.32 Å². The quantitative estimate of drug-likeness (QED) is 0.448. The summed E-state index contributed by atoms with van der Waals surface area (Å²) in [5, 5.41) is 2.44. The minimum absolute atomic E-state index is 0.0361. The van der Waals surface area contributed by atoms with Crippen molar-refractivity contribution in [1.82, 2.24) is 9.80 Å². The van der Waals surface area contributed by atoms with Crippen LogP contribution in [-0.4, -0.2) is 41.6 Å². The van der Waals surface area contributed by atoms with Crippen molar-refractivity contribution in [3.05, 3.63) is 77.8 Å². The van der Waals surface area contributed by atoms with Crippen LogP contribution in [0.3, 0.4) is 0 Å². The highest BCUT2D eigenvalue weighted by Gasteiger charge is 2.25. The van der Waals surface area contributed by atoms with E-state index < -0.39 is 17.7 Å². The van der Waals surface area contributed by atoms with E-state index in [4.69, 9.17) is 13.9 Å². The summed E-state index contributed by atoms with van der Waals surface area (Å²) in [5.41, 5.74) is 0.641. The smallest absolute Gasteiger partial charge is 0.322 e. The predicted molar refractivity (Wildman–Crippen MR) is 127 cm³/mol. The standard InChI is InChI=1S/C26H27F2N3O5/c1-17(2)12-31(26(33)29-22-7-6-19(27)11-21(22)28)15-25(32)30(14-20-4-3-9-34-20)13-18-5-8-23-24(10-18)36-16-35-23/h3-11,17H,12-16H2,1-2H3,(H,29,33). The van der Waals surface area contributed by atoms with E-state index in [0.29, 0.717) is 23.3 Å². The molecular weight excluding hydrogens is 472 g/mol. The average molecular weight is 500 g/mol. The van der Waals surface area contributed by atoms with Crippen molar-refractivity contribution >= 4 is 17.6 Å². The van der Waals surface area contributed by atoms with Crippen molar-refractivity contribution in [2.24, 2.45) is 5.92 Å². The minimum atomic E-state index is -0.901. The van der Waals surface area contributed by atoms with Crippen LogP contribution in [0.5, 0.6) is 11.5 Å². The molecule has 0 saturated carbocycles. The number of ether oxygens (including phenoxy) is 2. The molecule has 3 amide bonds. The van der Waals surface area contributed by atoms with Crippen molar-refractivity contribution in [2.45, 2.75) is 26.9 Å². The number of urea groups is 1.